The molecule has 0 unspecified atom stereocenters. The summed E-state index contributed by atoms with van der Waals surface area (Å²) in [4.78, 5) is 6.70. The number of hydrogen-bond donors (Lipinski definition) is 0. The molecule has 1 aromatic rings. The van der Waals surface area contributed by atoms with Gasteiger partial charge < -0.3 is 4.90 Å². The van der Waals surface area contributed by atoms with Gasteiger partial charge in [0.25, 0.3) is 0 Å². The van der Waals surface area contributed by atoms with Gasteiger partial charge in [0.2, 0.25) is 0 Å². The number of benzene rings is 1. The van der Waals surface area contributed by atoms with Crippen molar-refractivity contribution in [1.82, 2.24) is 4.90 Å². The molecule has 2 nitrogen and oxygen atoms in total. The molecule has 0 aliphatic carbocycles. The van der Waals surface area contributed by atoms with Crippen LogP contribution in [0.5, 0.6) is 0 Å². The van der Waals surface area contributed by atoms with Crippen molar-refractivity contribution in [3.05, 3.63) is 47.2 Å². The van der Waals surface area contributed by atoms with Gasteiger partial charge in [-0.25, -0.2) is 0 Å². The first-order valence-corrected chi connectivity index (χ1v) is 7.09. The molecular weight excluding hydrogens is 232 g/mol. The van der Waals surface area contributed by atoms with E-state index in [2.05, 4.69) is 37.0 Å². The van der Waals surface area contributed by atoms with Gasteiger partial charge in [0.15, 0.2) is 0 Å². The predicted octanol–water partition coefficient (Wildman–Crippen LogP) is 4.20. The number of aliphatic imine (C=N–C) groups is 1. The number of aryl methyl sites for hydroxylation is 2. The smallest absolute Gasteiger partial charge is 0.0998 e. The first kappa shape index (κ1) is 15.5. The lowest BCUT2D eigenvalue weighted by atomic mass is 10.0. The Balaban J connectivity index is 2.84. The van der Waals surface area contributed by atoms with E-state index in [9.17, 15) is 0 Å². The standard InChI is InChI=1S/C17H26N2/c1-6-9-19(5)14(4)18-13-17-11-15(7-2)10-16(8-3)12-17/h6,9-12H,7-8,13H2,1-5H3/b9-6-,18-14+. The highest BCUT2D eigenvalue weighted by Gasteiger charge is 2.00. The summed E-state index contributed by atoms with van der Waals surface area (Å²) in [7, 11) is 2.03. The van der Waals surface area contributed by atoms with Crippen molar-refractivity contribution in [1.29, 1.82) is 0 Å². The maximum atomic E-state index is 4.66. The zero-order valence-corrected chi connectivity index (χ0v) is 12.9. The van der Waals surface area contributed by atoms with Crippen LogP contribution in [-0.4, -0.2) is 17.8 Å². The summed E-state index contributed by atoms with van der Waals surface area (Å²) in [5.41, 5.74) is 4.12. The average Bonchev–Trinajstić information content (AvgIpc) is 2.44. The van der Waals surface area contributed by atoms with Crippen LogP contribution in [0.1, 0.15) is 44.4 Å². The molecule has 0 spiro atoms. The molecule has 0 fully saturated rings. The fraction of sp³-hybridized carbons (Fsp3) is 0.471. The van der Waals surface area contributed by atoms with E-state index in [4.69, 9.17) is 0 Å². The molecule has 0 aromatic heterocycles. The largest absolute Gasteiger partial charge is 0.340 e. The molecule has 0 amide bonds. The normalized spacial score (nSPS) is 12.2. The monoisotopic (exact) mass is 258 g/mol. The van der Waals surface area contributed by atoms with Crippen molar-refractivity contribution in [3.63, 3.8) is 0 Å². The average molecular weight is 258 g/mol. The van der Waals surface area contributed by atoms with E-state index in [1.54, 1.807) is 0 Å². The Kier molecular flexibility index (Phi) is 6.34. The van der Waals surface area contributed by atoms with Crippen molar-refractivity contribution in [3.8, 4) is 0 Å². The highest BCUT2D eigenvalue weighted by molar-refractivity contribution is 5.80. The van der Waals surface area contributed by atoms with Crippen LogP contribution < -0.4 is 0 Å². The topological polar surface area (TPSA) is 15.6 Å². The van der Waals surface area contributed by atoms with E-state index in [1.165, 1.54) is 16.7 Å². The van der Waals surface area contributed by atoms with Crippen molar-refractivity contribution in [2.24, 2.45) is 4.99 Å². The van der Waals surface area contributed by atoms with Crippen molar-refractivity contribution in [2.45, 2.75) is 47.1 Å². The van der Waals surface area contributed by atoms with Gasteiger partial charge in [0.05, 0.1) is 12.4 Å². The summed E-state index contributed by atoms with van der Waals surface area (Å²) in [6.45, 7) is 9.22. The molecule has 0 atom stereocenters. The summed E-state index contributed by atoms with van der Waals surface area (Å²) in [5, 5.41) is 0. The van der Waals surface area contributed by atoms with Crippen molar-refractivity contribution < 1.29 is 0 Å². The van der Waals surface area contributed by atoms with Gasteiger partial charge in [-0.15, -0.1) is 0 Å². The number of rotatable bonds is 5. The molecule has 104 valence electrons. The third-order valence-electron chi connectivity index (χ3n) is 3.30. The lowest BCUT2D eigenvalue weighted by Crippen LogP contribution is -2.17. The van der Waals surface area contributed by atoms with E-state index >= 15 is 0 Å². The lowest BCUT2D eigenvalue weighted by Gasteiger charge is -2.13. The molecule has 1 aromatic carbocycles. The Morgan fingerprint density at radius 1 is 1.11 bits per heavy atom. The maximum Gasteiger partial charge on any atom is 0.0998 e. The van der Waals surface area contributed by atoms with Gasteiger partial charge >= 0.3 is 0 Å². The molecule has 2 heteroatoms. The lowest BCUT2D eigenvalue weighted by molar-refractivity contribution is 0.674. The Morgan fingerprint density at radius 2 is 1.63 bits per heavy atom. The quantitative estimate of drug-likeness (QED) is 0.571. The van der Waals surface area contributed by atoms with E-state index in [0.29, 0.717) is 0 Å². The number of nitrogens with zero attached hydrogens (tertiary/aromatic N) is 2. The van der Waals surface area contributed by atoms with Gasteiger partial charge in [-0.3, -0.25) is 4.99 Å². The second-order valence-electron chi connectivity index (χ2n) is 4.82. The van der Waals surface area contributed by atoms with E-state index < -0.39 is 0 Å². The van der Waals surface area contributed by atoms with Crippen LogP contribution in [0, 0.1) is 0 Å². The molecule has 0 aliphatic heterocycles. The van der Waals surface area contributed by atoms with Gasteiger partial charge in [-0.05, 0) is 43.4 Å². The molecule has 0 saturated carbocycles. The van der Waals surface area contributed by atoms with Crippen LogP contribution in [0.4, 0.5) is 0 Å². The van der Waals surface area contributed by atoms with Crippen molar-refractivity contribution in [2.75, 3.05) is 7.05 Å². The van der Waals surface area contributed by atoms with Crippen LogP contribution in [-0.2, 0) is 19.4 Å². The third kappa shape index (κ3) is 4.90. The third-order valence-corrected chi connectivity index (χ3v) is 3.30. The number of hydrogen-bond acceptors (Lipinski definition) is 1. The van der Waals surface area contributed by atoms with Crippen LogP contribution in [0.2, 0.25) is 0 Å². The number of amidine groups is 1. The second-order valence-corrected chi connectivity index (χ2v) is 4.82. The molecular formula is C17H26N2. The highest BCUT2D eigenvalue weighted by atomic mass is 15.1. The summed E-state index contributed by atoms with van der Waals surface area (Å²) in [6, 6.07) is 6.84. The summed E-state index contributed by atoms with van der Waals surface area (Å²) >= 11 is 0. The van der Waals surface area contributed by atoms with Crippen molar-refractivity contribution >= 4 is 5.84 Å². The van der Waals surface area contributed by atoms with Crippen LogP contribution in [0.15, 0.2) is 35.5 Å². The Morgan fingerprint density at radius 3 is 2.11 bits per heavy atom. The predicted molar refractivity (Wildman–Crippen MR) is 84.6 cm³/mol. The zero-order valence-electron chi connectivity index (χ0n) is 12.9. The SMILES string of the molecule is C/C=C\N(C)/C(C)=N/Cc1cc(CC)cc(CC)c1. The maximum absolute atomic E-state index is 4.66. The molecule has 0 heterocycles. The Hall–Kier alpha value is -1.57. The zero-order chi connectivity index (χ0) is 14.3. The Bertz CT molecular complexity index is 436. The summed E-state index contributed by atoms with van der Waals surface area (Å²) < 4.78 is 0. The fourth-order valence-electron chi connectivity index (χ4n) is 1.99. The van der Waals surface area contributed by atoms with E-state index in [0.717, 1.165) is 25.2 Å². The molecule has 19 heavy (non-hydrogen) atoms. The van der Waals surface area contributed by atoms with E-state index in [1.807, 2.05) is 38.1 Å². The molecule has 0 bridgehead atoms. The minimum atomic E-state index is 0.758. The second kappa shape index (κ2) is 7.78. The minimum absolute atomic E-state index is 0.758. The summed E-state index contributed by atoms with van der Waals surface area (Å²) in [5.74, 6) is 1.04. The molecule has 0 aliphatic rings. The molecule has 0 N–H and O–H groups in total. The molecule has 1 rings (SSSR count). The Labute approximate surface area is 117 Å². The van der Waals surface area contributed by atoms with Crippen LogP contribution >= 0.6 is 0 Å². The van der Waals surface area contributed by atoms with Gasteiger partial charge in [-0.2, -0.15) is 0 Å². The molecule has 0 radical (unpaired) electrons. The first-order chi connectivity index (χ1) is 9.10. The van der Waals surface area contributed by atoms with Gasteiger partial charge in [0.1, 0.15) is 0 Å². The number of allylic oxidation sites excluding steroid dienone is 1. The van der Waals surface area contributed by atoms with E-state index in [-0.39, 0.29) is 0 Å². The van der Waals surface area contributed by atoms with Crippen LogP contribution in [0.3, 0.4) is 0 Å². The van der Waals surface area contributed by atoms with Gasteiger partial charge in [-0.1, -0.05) is 38.1 Å². The fourth-order valence-corrected chi connectivity index (χ4v) is 1.99. The molecule has 0 saturated heterocycles. The highest BCUT2D eigenvalue weighted by Crippen LogP contribution is 2.13. The minimum Gasteiger partial charge on any atom is -0.340 e. The first-order valence-electron chi connectivity index (χ1n) is 7.09. The summed E-state index contributed by atoms with van der Waals surface area (Å²) in [6.07, 6.45) is 6.22. The van der Waals surface area contributed by atoms with Crippen LogP contribution in [0.25, 0.3) is 0 Å². The van der Waals surface area contributed by atoms with Gasteiger partial charge in [0, 0.05) is 13.2 Å².